The van der Waals surface area contributed by atoms with Gasteiger partial charge < -0.3 is 0 Å². The summed E-state index contributed by atoms with van der Waals surface area (Å²) in [6.07, 6.45) is 8.67. The van der Waals surface area contributed by atoms with E-state index >= 15 is 0 Å². The number of Topliss-reactive ketones (excluding diaryl/α,β-unsaturated/α-hetero) is 1. The highest BCUT2D eigenvalue weighted by Crippen LogP contribution is 2.14. The van der Waals surface area contributed by atoms with E-state index in [9.17, 15) is 4.79 Å². The van der Waals surface area contributed by atoms with E-state index in [0.717, 1.165) is 12.8 Å². The number of ketones is 1. The highest BCUT2D eigenvalue weighted by molar-refractivity contribution is 5.81. The quantitative estimate of drug-likeness (QED) is 0.586. The van der Waals surface area contributed by atoms with E-state index in [0.29, 0.717) is 12.2 Å². The molecule has 0 aromatic carbocycles. The molecule has 80 valence electrons. The molecule has 0 aliphatic rings. The zero-order valence-electron chi connectivity index (χ0n) is 9.84. The van der Waals surface area contributed by atoms with Crippen LogP contribution >= 0.6 is 0 Å². The van der Waals surface area contributed by atoms with Crippen LogP contribution in [0.25, 0.3) is 0 Å². The molecule has 0 heterocycles. The van der Waals surface area contributed by atoms with Gasteiger partial charge in [0.05, 0.1) is 0 Å². The van der Waals surface area contributed by atoms with Crippen molar-refractivity contribution >= 4 is 5.78 Å². The van der Waals surface area contributed by atoms with E-state index in [4.69, 9.17) is 0 Å². The highest BCUT2D eigenvalue weighted by Gasteiger charge is 2.13. The van der Waals surface area contributed by atoms with Gasteiger partial charge in [-0.15, -0.1) is 0 Å². The van der Waals surface area contributed by atoms with E-state index in [2.05, 4.69) is 26.0 Å². The van der Waals surface area contributed by atoms with Crippen molar-refractivity contribution in [3.63, 3.8) is 0 Å². The van der Waals surface area contributed by atoms with Gasteiger partial charge in [-0.25, -0.2) is 0 Å². The van der Waals surface area contributed by atoms with Gasteiger partial charge in [0.1, 0.15) is 5.78 Å². The van der Waals surface area contributed by atoms with Crippen LogP contribution in [-0.4, -0.2) is 5.78 Å². The molecule has 1 heteroatoms. The first-order chi connectivity index (χ1) is 6.61. The Bertz CT molecular complexity index is 219. The van der Waals surface area contributed by atoms with E-state index < -0.39 is 0 Å². The van der Waals surface area contributed by atoms with Gasteiger partial charge in [-0.05, 0) is 33.6 Å². The molecule has 14 heavy (non-hydrogen) atoms. The average Bonchev–Trinajstić information content (AvgIpc) is 2.16. The molecule has 0 bridgehead atoms. The molecule has 0 N–H and O–H groups in total. The molecule has 0 saturated carbocycles. The van der Waals surface area contributed by atoms with Crippen LogP contribution in [0.4, 0.5) is 0 Å². The summed E-state index contributed by atoms with van der Waals surface area (Å²) >= 11 is 0. The molecule has 0 saturated heterocycles. The van der Waals surface area contributed by atoms with Gasteiger partial charge in [0.2, 0.25) is 0 Å². The Morgan fingerprint density at radius 1 is 1.29 bits per heavy atom. The zero-order valence-corrected chi connectivity index (χ0v) is 9.84. The third-order valence-electron chi connectivity index (χ3n) is 2.27. The molecule has 0 amide bonds. The van der Waals surface area contributed by atoms with Crippen molar-refractivity contribution in [1.29, 1.82) is 0 Å². The van der Waals surface area contributed by atoms with Crippen molar-refractivity contribution in [2.75, 3.05) is 0 Å². The second kappa shape index (κ2) is 7.54. The Balaban J connectivity index is 4.24. The predicted molar refractivity (Wildman–Crippen MR) is 62.3 cm³/mol. The molecule has 1 nitrogen and oxygen atoms in total. The fraction of sp³-hybridized carbons (Fsp3) is 0.615. The molecule has 1 atom stereocenters. The fourth-order valence-electron chi connectivity index (χ4n) is 1.33. The Hall–Kier alpha value is -0.850. The van der Waals surface area contributed by atoms with E-state index in [1.54, 1.807) is 0 Å². The lowest BCUT2D eigenvalue weighted by Gasteiger charge is -2.10. The van der Waals surface area contributed by atoms with Gasteiger partial charge in [-0.2, -0.15) is 0 Å². The molecule has 0 radical (unpaired) electrons. The van der Waals surface area contributed by atoms with Gasteiger partial charge in [0.25, 0.3) is 0 Å². The molecule has 0 spiro atoms. The van der Waals surface area contributed by atoms with Crippen LogP contribution in [0, 0.1) is 5.92 Å². The van der Waals surface area contributed by atoms with Gasteiger partial charge >= 0.3 is 0 Å². The first kappa shape index (κ1) is 13.2. The molecule has 0 aromatic rings. The Morgan fingerprint density at radius 3 is 2.36 bits per heavy atom. The lowest BCUT2D eigenvalue weighted by atomic mass is 9.94. The van der Waals surface area contributed by atoms with Crippen molar-refractivity contribution in [3.8, 4) is 0 Å². The van der Waals surface area contributed by atoms with Gasteiger partial charge in [0, 0.05) is 12.3 Å². The molecule has 0 aliphatic heterocycles. The molecular formula is C13H22O. The van der Waals surface area contributed by atoms with Crippen LogP contribution in [0.15, 0.2) is 23.8 Å². The van der Waals surface area contributed by atoms with E-state index in [1.807, 2.05) is 19.9 Å². The minimum absolute atomic E-state index is 0.186. The maximum atomic E-state index is 11.6. The number of hydrogen-bond donors (Lipinski definition) is 0. The topological polar surface area (TPSA) is 17.1 Å². The first-order valence-corrected chi connectivity index (χ1v) is 5.39. The number of rotatable bonds is 6. The van der Waals surface area contributed by atoms with Crippen molar-refractivity contribution in [1.82, 2.24) is 0 Å². The third-order valence-corrected chi connectivity index (χ3v) is 2.27. The SMILES string of the molecule is CC=CCC(CC=C(C)C)C(=O)CC. The van der Waals surface area contributed by atoms with Gasteiger partial charge in [-0.1, -0.05) is 30.7 Å². The maximum absolute atomic E-state index is 11.6. The molecule has 0 aromatic heterocycles. The molecular weight excluding hydrogens is 172 g/mol. The summed E-state index contributed by atoms with van der Waals surface area (Å²) in [5.74, 6) is 0.562. The molecule has 0 fully saturated rings. The second-order valence-corrected chi connectivity index (χ2v) is 3.84. The van der Waals surface area contributed by atoms with Crippen LogP contribution in [0.5, 0.6) is 0 Å². The normalized spacial score (nSPS) is 12.9. The van der Waals surface area contributed by atoms with Crippen LogP contribution < -0.4 is 0 Å². The smallest absolute Gasteiger partial charge is 0.136 e. The maximum Gasteiger partial charge on any atom is 0.136 e. The lowest BCUT2D eigenvalue weighted by Crippen LogP contribution is -2.11. The second-order valence-electron chi connectivity index (χ2n) is 3.84. The Morgan fingerprint density at radius 2 is 1.93 bits per heavy atom. The fourth-order valence-corrected chi connectivity index (χ4v) is 1.33. The van der Waals surface area contributed by atoms with Crippen molar-refractivity contribution in [3.05, 3.63) is 23.8 Å². The van der Waals surface area contributed by atoms with Crippen LogP contribution in [0.2, 0.25) is 0 Å². The van der Waals surface area contributed by atoms with Crippen LogP contribution in [-0.2, 0) is 4.79 Å². The number of hydrogen-bond acceptors (Lipinski definition) is 1. The summed E-state index contributed by atoms with van der Waals surface area (Å²) in [5.41, 5.74) is 1.29. The molecule has 0 rings (SSSR count). The highest BCUT2D eigenvalue weighted by atomic mass is 16.1. The van der Waals surface area contributed by atoms with E-state index in [-0.39, 0.29) is 5.92 Å². The number of carbonyl (C=O) groups is 1. The summed E-state index contributed by atoms with van der Waals surface area (Å²) in [7, 11) is 0. The standard InChI is InChI=1S/C13H22O/c1-5-7-8-12(13(14)6-2)10-9-11(3)4/h5,7,9,12H,6,8,10H2,1-4H3. The largest absolute Gasteiger partial charge is 0.299 e. The summed E-state index contributed by atoms with van der Waals surface area (Å²) < 4.78 is 0. The molecule has 1 unspecified atom stereocenters. The minimum atomic E-state index is 0.186. The summed E-state index contributed by atoms with van der Waals surface area (Å²) in [4.78, 5) is 11.6. The van der Waals surface area contributed by atoms with Gasteiger partial charge in [-0.3, -0.25) is 4.79 Å². The molecule has 0 aliphatic carbocycles. The van der Waals surface area contributed by atoms with Crippen molar-refractivity contribution in [2.24, 2.45) is 5.92 Å². The van der Waals surface area contributed by atoms with Gasteiger partial charge in [0.15, 0.2) is 0 Å². The van der Waals surface area contributed by atoms with Crippen molar-refractivity contribution in [2.45, 2.75) is 47.0 Å². The summed E-state index contributed by atoms with van der Waals surface area (Å²) in [5, 5.41) is 0. The lowest BCUT2D eigenvalue weighted by molar-refractivity contribution is -0.122. The Labute approximate surface area is 87.9 Å². The first-order valence-electron chi connectivity index (χ1n) is 5.39. The predicted octanol–water partition coefficient (Wildman–Crippen LogP) is 3.90. The Kier molecular flexibility index (Phi) is 7.09. The summed E-state index contributed by atoms with van der Waals surface area (Å²) in [6.45, 7) is 8.08. The number of carbonyl (C=O) groups excluding carboxylic acids is 1. The van der Waals surface area contributed by atoms with Crippen molar-refractivity contribution < 1.29 is 4.79 Å². The zero-order chi connectivity index (χ0) is 11.0. The van der Waals surface area contributed by atoms with Crippen LogP contribution in [0.1, 0.15) is 47.0 Å². The average molecular weight is 194 g/mol. The summed E-state index contributed by atoms with van der Waals surface area (Å²) in [6, 6.07) is 0. The van der Waals surface area contributed by atoms with E-state index in [1.165, 1.54) is 5.57 Å². The van der Waals surface area contributed by atoms with Crippen LogP contribution in [0.3, 0.4) is 0 Å². The third kappa shape index (κ3) is 5.74. The minimum Gasteiger partial charge on any atom is -0.299 e. The number of allylic oxidation sites excluding steroid dienone is 4. The monoisotopic (exact) mass is 194 g/mol.